The lowest BCUT2D eigenvalue weighted by Gasteiger charge is -2.34. The topological polar surface area (TPSA) is 67.5 Å². The normalized spacial score (nSPS) is 18.4. The molecule has 0 N–H and O–H groups in total. The van der Waals surface area contributed by atoms with Crippen LogP contribution in [0.4, 0.5) is 5.82 Å². The van der Waals surface area contributed by atoms with Crippen molar-refractivity contribution in [2.75, 3.05) is 38.7 Å². The van der Waals surface area contributed by atoms with Gasteiger partial charge in [-0.05, 0) is 38.4 Å². The molecule has 1 aliphatic heterocycles. The van der Waals surface area contributed by atoms with E-state index >= 15 is 0 Å². The van der Waals surface area contributed by atoms with E-state index in [9.17, 15) is 0 Å². The third-order valence-corrected chi connectivity index (χ3v) is 4.79. The predicted octanol–water partition coefficient (Wildman–Crippen LogP) is 2.59. The molecule has 0 amide bonds. The molecule has 1 fully saturated rings. The van der Waals surface area contributed by atoms with Crippen LogP contribution < -0.4 is 4.90 Å². The molecule has 3 rings (SSSR count). The lowest BCUT2D eigenvalue weighted by atomic mass is 10.0. The summed E-state index contributed by atoms with van der Waals surface area (Å²) in [6.07, 6.45) is 5.76. The summed E-state index contributed by atoms with van der Waals surface area (Å²) in [4.78, 5) is 13.6. The summed E-state index contributed by atoms with van der Waals surface area (Å²) in [5, 5.41) is 3.87. The highest BCUT2D eigenvalue weighted by Gasteiger charge is 2.18. The Kier molecular flexibility index (Phi) is 5.99. The molecule has 0 aromatic carbocycles. The van der Waals surface area contributed by atoms with Gasteiger partial charge in [0.05, 0.1) is 5.56 Å². The highest BCUT2D eigenvalue weighted by atomic mass is 16.5. The third-order valence-electron chi connectivity index (χ3n) is 4.79. The molecule has 7 nitrogen and oxygen atoms in total. The van der Waals surface area contributed by atoms with Gasteiger partial charge in [0.2, 0.25) is 0 Å². The Labute approximate surface area is 149 Å². The number of likely N-dealkylation sites (N-methyl/N-ethyl adjacent to an activating group) is 1. The Bertz CT molecular complexity index is 658. The van der Waals surface area contributed by atoms with E-state index in [1.807, 2.05) is 12.1 Å². The highest BCUT2D eigenvalue weighted by molar-refractivity contribution is 5.54. The van der Waals surface area contributed by atoms with Crippen molar-refractivity contribution in [3.8, 4) is 11.5 Å². The molecule has 2 aromatic rings. The predicted molar refractivity (Wildman–Crippen MR) is 96.4 cm³/mol. The molecule has 0 bridgehead atoms. The zero-order valence-corrected chi connectivity index (χ0v) is 15.3. The molecule has 1 atom stereocenters. The molecule has 1 saturated heterocycles. The second-order valence-electron chi connectivity index (χ2n) is 6.66. The Morgan fingerprint density at radius 2 is 2.24 bits per heavy atom. The minimum Gasteiger partial charge on any atom is -0.377 e. The van der Waals surface area contributed by atoms with Gasteiger partial charge in [0, 0.05) is 39.5 Å². The monoisotopic (exact) mass is 345 g/mol. The van der Waals surface area contributed by atoms with E-state index in [2.05, 4.69) is 38.9 Å². The van der Waals surface area contributed by atoms with E-state index < -0.39 is 0 Å². The fourth-order valence-corrected chi connectivity index (χ4v) is 3.18. The van der Waals surface area contributed by atoms with Crippen LogP contribution in [0.15, 0.2) is 22.9 Å². The van der Waals surface area contributed by atoms with Crippen LogP contribution in [0.1, 0.15) is 32.0 Å². The van der Waals surface area contributed by atoms with Gasteiger partial charge in [0.15, 0.2) is 5.82 Å². The molecule has 0 saturated carbocycles. The molecule has 136 valence electrons. The largest absolute Gasteiger partial charge is 0.377 e. The minimum absolute atomic E-state index is 0.340. The summed E-state index contributed by atoms with van der Waals surface area (Å²) in [6.45, 7) is 5.92. The van der Waals surface area contributed by atoms with E-state index in [0.29, 0.717) is 24.4 Å². The second kappa shape index (κ2) is 8.40. The van der Waals surface area contributed by atoms with Gasteiger partial charge in [-0.2, -0.15) is 4.98 Å². The standard InChI is InChI=1S/C18H27N5O2/c1-14-6-4-5-9-23(14)11-10-22(2)17-8-7-15(12-19-17)18-20-16(13-24-3)21-25-18/h7-8,12,14H,4-6,9-11,13H2,1-3H3. The quantitative estimate of drug-likeness (QED) is 0.764. The smallest absolute Gasteiger partial charge is 0.259 e. The number of rotatable bonds is 7. The first-order valence-corrected chi connectivity index (χ1v) is 8.90. The molecule has 1 unspecified atom stereocenters. The molecule has 2 aromatic heterocycles. The Balaban J connectivity index is 1.57. The molecule has 25 heavy (non-hydrogen) atoms. The fourth-order valence-electron chi connectivity index (χ4n) is 3.18. The van der Waals surface area contributed by atoms with Gasteiger partial charge in [-0.3, -0.25) is 4.90 Å². The van der Waals surface area contributed by atoms with Gasteiger partial charge in [0.25, 0.3) is 5.89 Å². The first-order chi connectivity index (χ1) is 12.2. The van der Waals surface area contributed by atoms with Crippen molar-refractivity contribution in [1.82, 2.24) is 20.0 Å². The van der Waals surface area contributed by atoms with E-state index in [1.165, 1.54) is 25.8 Å². The first kappa shape index (κ1) is 17.8. The summed E-state index contributed by atoms with van der Waals surface area (Å²) < 4.78 is 10.2. The summed E-state index contributed by atoms with van der Waals surface area (Å²) in [5.41, 5.74) is 0.816. The summed E-state index contributed by atoms with van der Waals surface area (Å²) in [6, 6.07) is 4.65. The number of likely N-dealkylation sites (tertiary alicyclic amines) is 1. The van der Waals surface area contributed by atoms with Crippen LogP contribution in [0, 0.1) is 0 Å². The number of methoxy groups -OCH3 is 1. The number of aromatic nitrogens is 3. The van der Waals surface area contributed by atoms with Crippen molar-refractivity contribution in [2.24, 2.45) is 0 Å². The summed E-state index contributed by atoms with van der Waals surface area (Å²) in [7, 11) is 3.69. The zero-order chi connectivity index (χ0) is 17.6. The Morgan fingerprint density at radius 1 is 1.36 bits per heavy atom. The Hall–Kier alpha value is -1.99. The number of hydrogen-bond donors (Lipinski definition) is 0. The Morgan fingerprint density at radius 3 is 2.96 bits per heavy atom. The van der Waals surface area contributed by atoms with Gasteiger partial charge in [-0.25, -0.2) is 4.98 Å². The minimum atomic E-state index is 0.340. The summed E-state index contributed by atoms with van der Waals surface area (Å²) >= 11 is 0. The van der Waals surface area contributed by atoms with E-state index in [4.69, 9.17) is 9.26 Å². The SMILES string of the molecule is COCc1noc(-c2ccc(N(C)CCN3CCCCC3C)nc2)n1. The third kappa shape index (κ3) is 4.55. The van der Waals surface area contributed by atoms with Crippen LogP contribution >= 0.6 is 0 Å². The highest BCUT2D eigenvalue weighted by Crippen LogP contribution is 2.20. The van der Waals surface area contributed by atoms with Crippen molar-refractivity contribution < 1.29 is 9.26 Å². The first-order valence-electron chi connectivity index (χ1n) is 8.90. The average Bonchev–Trinajstić information content (AvgIpc) is 3.10. The van der Waals surface area contributed by atoms with Crippen molar-refractivity contribution in [3.05, 3.63) is 24.2 Å². The molecule has 0 spiro atoms. The molecule has 0 radical (unpaired) electrons. The van der Waals surface area contributed by atoms with Crippen LogP contribution in [0.3, 0.4) is 0 Å². The van der Waals surface area contributed by atoms with Crippen molar-refractivity contribution in [1.29, 1.82) is 0 Å². The maximum atomic E-state index is 5.24. The molecular weight excluding hydrogens is 318 g/mol. The van der Waals surface area contributed by atoms with Gasteiger partial charge >= 0.3 is 0 Å². The number of piperidine rings is 1. The molecular formula is C18H27N5O2. The van der Waals surface area contributed by atoms with Crippen LogP contribution in [0.5, 0.6) is 0 Å². The average molecular weight is 345 g/mol. The molecule has 1 aliphatic rings. The van der Waals surface area contributed by atoms with E-state index in [1.54, 1.807) is 13.3 Å². The molecule has 7 heteroatoms. The van der Waals surface area contributed by atoms with E-state index in [-0.39, 0.29) is 0 Å². The van der Waals surface area contributed by atoms with Gasteiger partial charge in [-0.15, -0.1) is 0 Å². The van der Waals surface area contributed by atoms with Crippen molar-refractivity contribution in [3.63, 3.8) is 0 Å². The van der Waals surface area contributed by atoms with Crippen LogP contribution in [0.25, 0.3) is 11.5 Å². The number of hydrogen-bond acceptors (Lipinski definition) is 7. The summed E-state index contributed by atoms with van der Waals surface area (Å²) in [5.74, 6) is 1.95. The van der Waals surface area contributed by atoms with Gasteiger partial charge in [0.1, 0.15) is 12.4 Å². The fraction of sp³-hybridized carbons (Fsp3) is 0.611. The molecule has 3 heterocycles. The molecule has 0 aliphatic carbocycles. The number of nitrogens with zero attached hydrogens (tertiary/aromatic N) is 5. The maximum Gasteiger partial charge on any atom is 0.259 e. The van der Waals surface area contributed by atoms with Gasteiger partial charge < -0.3 is 14.2 Å². The lowest BCUT2D eigenvalue weighted by molar-refractivity contribution is 0.165. The maximum absolute atomic E-state index is 5.24. The number of ether oxygens (including phenoxy) is 1. The van der Waals surface area contributed by atoms with Gasteiger partial charge in [-0.1, -0.05) is 11.6 Å². The lowest BCUT2D eigenvalue weighted by Crippen LogP contribution is -2.42. The van der Waals surface area contributed by atoms with Crippen molar-refractivity contribution in [2.45, 2.75) is 38.8 Å². The van der Waals surface area contributed by atoms with Crippen LogP contribution in [-0.4, -0.2) is 59.9 Å². The number of pyridine rings is 1. The van der Waals surface area contributed by atoms with E-state index in [0.717, 1.165) is 24.5 Å². The number of anilines is 1. The zero-order valence-electron chi connectivity index (χ0n) is 15.3. The van der Waals surface area contributed by atoms with Crippen LogP contribution in [0.2, 0.25) is 0 Å². The van der Waals surface area contributed by atoms with Crippen molar-refractivity contribution >= 4 is 5.82 Å². The van der Waals surface area contributed by atoms with Crippen LogP contribution in [-0.2, 0) is 11.3 Å². The second-order valence-corrected chi connectivity index (χ2v) is 6.66.